The number of alkyl halides is 2. The number of hydrogen-bond acceptors (Lipinski definition) is 2. The first-order valence-corrected chi connectivity index (χ1v) is 8.25. The number of anilines is 2. The maximum atomic E-state index is 12.8. The summed E-state index contributed by atoms with van der Waals surface area (Å²) in [7, 11) is 0. The van der Waals surface area contributed by atoms with E-state index in [1.54, 1.807) is 12.1 Å². The van der Waals surface area contributed by atoms with E-state index in [4.69, 9.17) is 23.2 Å². The lowest BCUT2D eigenvalue weighted by Crippen LogP contribution is -2.27. The molecule has 0 aromatic heterocycles. The van der Waals surface area contributed by atoms with Crippen molar-refractivity contribution < 1.29 is 4.39 Å². The van der Waals surface area contributed by atoms with E-state index in [-0.39, 0.29) is 5.82 Å². The summed E-state index contributed by atoms with van der Waals surface area (Å²) in [4.78, 5) is 2.16. The van der Waals surface area contributed by atoms with Gasteiger partial charge >= 0.3 is 0 Å². The van der Waals surface area contributed by atoms with Crippen molar-refractivity contribution in [1.29, 1.82) is 0 Å². The van der Waals surface area contributed by atoms with Gasteiger partial charge in [-0.3, -0.25) is 0 Å². The minimum Gasteiger partial charge on any atom is -0.381 e. The highest BCUT2D eigenvalue weighted by atomic mass is 35.5. The Labute approximate surface area is 140 Å². The molecule has 0 unspecified atom stereocenters. The molecule has 0 amide bonds. The van der Waals surface area contributed by atoms with E-state index in [9.17, 15) is 4.39 Å². The van der Waals surface area contributed by atoms with Gasteiger partial charge in [-0.25, -0.2) is 4.39 Å². The smallest absolute Gasteiger partial charge is 0.123 e. The van der Waals surface area contributed by atoms with Crippen molar-refractivity contribution in [1.82, 2.24) is 0 Å². The van der Waals surface area contributed by atoms with Crippen LogP contribution in [0, 0.1) is 5.82 Å². The Bertz CT molecular complexity index is 552. The van der Waals surface area contributed by atoms with Gasteiger partial charge < -0.3 is 10.2 Å². The van der Waals surface area contributed by atoms with Crippen LogP contribution in [0.15, 0.2) is 48.5 Å². The first-order chi connectivity index (χ1) is 10.7. The van der Waals surface area contributed by atoms with Crippen LogP contribution in [-0.4, -0.2) is 24.8 Å². The van der Waals surface area contributed by atoms with Crippen LogP contribution in [-0.2, 0) is 6.54 Å². The van der Waals surface area contributed by atoms with E-state index in [2.05, 4.69) is 34.5 Å². The lowest BCUT2D eigenvalue weighted by molar-refractivity contribution is 0.628. The zero-order valence-electron chi connectivity index (χ0n) is 12.2. The average molecular weight is 341 g/mol. The van der Waals surface area contributed by atoms with Gasteiger partial charge in [0, 0.05) is 42.8 Å². The highest BCUT2D eigenvalue weighted by molar-refractivity contribution is 6.18. The van der Waals surface area contributed by atoms with E-state index in [1.807, 2.05) is 0 Å². The second-order valence-corrected chi connectivity index (χ2v) is 5.65. The molecule has 2 aromatic carbocycles. The third-order valence-corrected chi connectivity index (χ3v) is 3.69. The van der Waals surface area contributed by atoms with Crippen molar-refractivity contribution in [3.05, 3.63) is 59.9 Å². The van der Waals surface area contributed by atoms with Gasteiger partial charge in [0.05, 0.1) is 0 Å². The summed E-state index contributed by atoms with van der Waals surface area (Å²) in [6.07, 6.45) is 0. The Morgan fingerprint density at radius 2 is 1.45 bits per heavy atom. The summed E-state index contributed by atoms with van der Waals surface area (Å²) >= 11 is 11.6. The lowest BCUT2D eigenvalue weighted by Gasteiger charge is -2.23. The van der Waals surface area contributed by atoms with Crippen molar-refractivity contribution >= 4 is 34.6 Å². The third-order valence-electron chi connectivity index (χ3n) is 3.35. The van der Waals surface area contributed by atoms with Crippen LogP contribution in [0.4, 0.5) is 15.8 Å². The molecule has 0 fully saturated rings. The highest BCUT2D eigenvalue weighted by Gasteiger charge is 2.05. The fraction of sp³-hybridized carbons (Fsp3) is 0.294. The molecule has 118 valence electrons. The molecular formula is C17H19Cl2FN2. The minimum atomic E-state index is -0.228. The SMILES string of the molecule is Fc1ccc(NCc2ccc(N(CCCl)CCCl)cc2)cc1. The van der Waals surface area contributed by atoms with Crippen LogP contribution in [0.5, 0.6) is 0 Å². The maximum absolute atomic E-state index is 12.8. The molecule has 5 heteroatoms. The van der Waals surface area contributed by atoms with Gasteiger partial charge in [0.15, 0.2) is 0 Å². The Morgan fingerprint density at radius 1 is 0.864 bits per heavy atom. The predicted molar refractivity (Wildman–Crippen MR) is 93.8 cm³/mol. The van der Waals surface area contributed by atoms with Crippen molar-refractivity contribution in [3.63, 3.8) is 0 Å². The topological polar surface area (TPSA) is 15.3 Å². The maximum Gasteiger partial charge on any atom is 0.123 e. The second kappa shape index (κ2) is 8.86. The zero-order valence-corrected chi connectivity index (χ0v) is 13.7. The first-order valence-electron chi connectivity index (χ1n) is 7.18. The quantitative estimate of drug-likeness (QED) is 0.699. The molecule has 0 saturated heterocycles. The molecule has 0 bridgehead atoms. The Hall–Kier alpha value is -1.45. The van der Waals surface area contributed by atoms with E-state index in [0.29, 0.717) is 18.3 Å². The van der Waals surface area contributed by atoms with Crippen LogP contribution in [0.1, 0.15) is 5.56 Å². The highest BCUT2D eigenvalue weighted by Crippen LogP contribution is 2.17. The Kier molecular flexibility index (Phi) is 6.81. The Morgan fingerprint density at radius 3 is 2.00 bits per heavy atom. The molecule has 0 heterocycles. The molecule has 2 rings (SSSR count). The standard InChI is InChI=1S/C17H19Cl2FN2/c18-9-11-22(12-10-19)17-7-1-14(2-8-17)13-21-16-5-3-15(20)4-6-16/h1-8,21H,9-13H2. The van der Waals surface area contributed by atoms with Crippen molar-refractivity contribution in [2.75, 3.05) is 35.1 Å². The summed E-state index contributed by atoms with van der Waals surface area (Å²) in [5.41, 5.74) is 3.17. The molecule has 0 aliphatic carbocycles. The number of hydrogen-bond donors (Lipinski definition) is 1. The average Bonchev–Trinajstić information content (AvgIpc) is 2.55. The summed E-state index contributed by atoms with van der Waals surface area (Å²) < 4.78 is 12.8. The molecule has 0 radical (unpaired) electrons. The van der Waals surface area contributed by atoms with Crippen molar-refractivity contribution in [2.24, 2.45) is 0 Å². The molecular weight excluding hydrogens is 322 g/mol. The van der Waals surface area contributed by atoms with Crippen molar-refractivity contribution in [2.45, 2.75) is 6.54 Å². The number of benzene rings is 2. The molecule has 0 aliphatic heterocycles. The molecule has 22 heavy (non-hydrogen) atoms. The van der Waals surface area contributed by atoms with E-state index >= 15 is 0 Å². The van der Waals surface area contributed by atoms with Crippen LogP contribution >= 0.6 is 23.2 Å². The molecule has 0 spiro atoms. The summed E-state index contributed by atoms with van der Waals surface area (Å²) in [5, 5.41) is 3.26. The van der Waals surface area contributed by atoms with E-state index in [0.717, 1.165) is 30.0 Å². The zero-order chi connectivity index (χ0) is 15.8. The second-order valence-electron chi connectivity index (χ2n) is 4.89. The summed E-state index contributed by atoms with van der Waals surface area (Å²) in [6.45, 7) is 2.25. The predicted octanol–water partition coefficient (Wildman–Crippen LogP) is 4.72. The van der Waals surface area contributed by atoms with Gasteiger partial charge in [-0.05, 0) is 42.0 Å². The van der Waals surface area contributed by atoms with Crippen LogP contribution in [0.3, 0.4) is 0 Å². The monoisotopic (exact) mass is 340 g/mol. The number of nitrogens with one attached hydrogen (secondary N) is 1. The van der Waals surface area contributed by atoms with Gasteiger partial charge in [0.2, 0.25) is 0 Å². The van der Waals surface area contributed by atoms with Gasteiger partial charge in [0.1, 0.15) is 5.82 Å². The fourth-order valence-corrected chi connectivity index (χ4v) is 2.58. The third kappa shape index (κ3) is 5.08. The van der Waals surface area contributed by atoms with Crippen LogP contribution < -0.4 is 10.2 Å². The van der Waals surface area contributed by atoms with Crippen LogP contribution in [0.2, 0.25) is 0 Å². The largest absolute Gasteiger partial charge is 0.381 e. The summed E-state index contributed by atoms with van der Waals surface area (Å²) in [6, 6.07) is 14.6. The summed E-state index contributed by atoms with van der Waals surface area (Å²) in [5.74, 6) is 0.920. The number of nitrogens with zero attached hydrogens (tertiary/aromatic N) is 1. The van der Waals surface area contributed by atoms with Gasteiger partial charge in [0.25, 0.3) is 0 Å². The molecule has 0 aliphatic rings. The normalized spacial score (nSPS) is 10.5. The number of rotatable bonds is 8. The number of halogens is 3. The van der Waals surface area contributed by atoms with Gasteiger partial charge in [-0.15, -0.1) is 23.2 Å². The first kappa shape index (κ1) is 16.9. The lowest BCUT2D eigenvalue weighted by atomic mass is 10.2. The van der Waals surface area contributed by atoms with Gasteiger partial charge in [-0.1, -0.05) is 12.1 Å². The Balaban J connectivity index is 1.94. The minimum absolute atomic E-state index is 0.228. The molecule has 2 nitrogen and oxygen atoms in total. The van der Waals surface area contributed by atoms with Crippen molar-refractivity contribution in [3.8, 4) is 0 Å². The molecule has 0 saturated carbocycles. The van der Waals surface area contributed by atoms with E-state index < -0.39 is 0 Å². The van der Waals surface area contributed by atoms with Crippen LogP contribution in [0.25, 0.3) is 0 Å². The molecule has 1 N–H and O–H groups in total. The van der Waals surface area contributed by atoms with Gasteiger partial charge in [-0.2, -0.15) is 0 Å². The molecule has 2 aromatic rings. The fourth-order valence-electron chi connectivity index (χ4n) is 2.17. The molecule has 0 atom stereocenters. The van der Waals surface area contributed by atoms with E-state index in [1.165, 1.54) is 12.1 Å².